The van der Waals surface area contributed by atoms with Gasteiger partial charge in [0.1, 0.15) is 12.7 Å². The molecule has 5 atom stereocenters. The Kier molecular flexibility index (Phi) is 31.1. The van der Waals surface area contributed by atoms with Crippen LogP contribution < -0.4 is 0 Å². The van der Waals surface area contributed by atoms with Crippen molar-refractivity contribution in [3.05, 3.63) is 60.8 Å². The van der Waals surface area contributed by atoms with E-state index in [2.05, 4.69) is 72.4 Å². The summed E-state index contributed by atoms with van der Waals surface area (Å²) in [5, 5.41) is 9.73. The van der Waals surface area contributed by atoms with Crippen molar-refractivity contribution in [1.29, 1.82) is 0 Å². The number of aliphatic hydroxyl groups excluding tert-OH is 1. The molecule has 1 fully saturated rings. The van der Waals surface area contributed by atoms with Crippen molar-refractivity contribution in [1.82, 2.24) is 0 Å². The minimum Gasteiger partial charge on any atom is -0.462 e. The molecule has 0 aromatic carbocycles. The van der Waals surface area contributed by atoms with Crippen LogP contribution >= 0.6 is 15.6 Å². The van der Waals surface area contributed by atoms with Gasteiger partial charge in [0, 0.05) is 12.8 Å². The number of phosphoric acid groups is 2. The molecule has 58 heavy (non-hydrogen) atoms. The molecular weight excluding hydrogens is 790 g/mol. The molecule has 3 unspecified atom stereocenters. The van der Waals surface area contributed by atoms with E-state index >= 15 is 0 Å². The maximum atomic E-state index is 12.6. The minimum atomic E-state index is -4.87. The van der Waals surface area contributed by atoms with Crippen LogP contribution in [-0.4, -0.2) is 82.6 Å². The molecule has 0 aromatic rings. The average Bonchev–Trinajstić information content (AvgIpc) is 3.92. The largest absolute Gasteiger partial charge is 0.472 e. The van der Waals surface area contributed by atoms with Crippen LogP contribution in [0.5, 0.6) is 0 Å². The topological polar surface area (TPSA) is 208 Å². The zero-order chi connectivity index (χ0) is 42.9. The van der Waals surface area contributed by atoms with Gasteiger partial charge >= 0.3 is 27.6 Å². The lowest BCUT2D eigenvalue weighted by Crippen LogP contribution is -2.29. The van der Waals surface area contributed by atoms with Crippen molar-refractivity contribution in [3.8, 4) is 0 Å². The smallest absolute Gasteiger partial charge is 0.462 e. The number of hydrogen-bond acceptors (Lipinski definition) is 11. The summed E-state index contributed by atoms with van der Waals surface area (Å²) in [5.74, 6) is -0.403. The Balaban J connectivity index is 2.42. The summed E-state index contributed by atoms with van der Waals surface area (Å²) in [5.41, 5.74) is 0. The normalized spacial score (nSPS) is 18.3. The number of esters is 2. The third kappa shape index (κ3) is 34.6. The highest BCUT2D eigenvalue weighted by Crippen LogP contribution is 2.44. The monoisotopic (exact) mass is 862 g/mol. The molecule has 4 N–H and O–H groups in total. The summed E-state index contributed by atoms with van der Waals surface area (Å²) in [6.07, 6.45) is 34.4. The van der Waals surface area contributed by atoms with Gasteiger partial charge in [-0.25, -0.2) is 9.13 Å². The van der Waals surface area contributed by atoms with Gasteiger partial charge in [-0.1, -0.05) is 133 Å². The van der Waals surface area contributed by atoms with Crippen molar-refractivity contribution in [2.75, 3.05) is 26.4 Å². The van der Waals surface area contributed by atoms with Gasteiger partial charge in [0.15, 0.2) is 6.10 Å². The number of hydrogen-bond donors (Lipinski definition) is 4. The van der Waals surface area contributed by atoms with Gasteiger partial charge in [-0.2, -0.15) is 0 Å². The number of rotatable bonds is 37. The number of aliphatic hydroxyl groups is 1. The van der Waals surface area contributed by atoms with Gasteiger partial charge in [0.05, 0.1) is 32.0 Å². The standard InChI is InChI=1S/C42H72O14P2/c1-4-5-22-28-39-40(56-39)29-24-19-15-10-8-6-7-9-11-17-21-26-31-42(45)55-38(35-54-58(49,50)53-33-37(43)32-52-57(46,47)48)34-51-41(44)30-25-20-16-13-12-14-18-23-27-36(2)3/h5,7-10,17,19,21-22,24,36-40,43H,4,6,11-16,18,20,23,25-35H2,1-3H3,(H,49,50)(H2,46,47,48)/b9-7-,10-8-,21-17-,22-5-,24-19-/t37-,38+,39?,40?/m0/s1. The van der Waals surface area contributed by atoms with Crippen molar-refractivity contribution in [2.24, 2.45) is 5.92 Å². The number of carbonyl (C=O) groups excluding carboxylic acids is 2. The fraction of sp³-hybridized carbons (Fsp3) is 0.714. The third-order valence-electron chi connectivity index (χ3n) is 8.75. The second kappa shape index (κ2) is 33.5. The first-order chi connectivity index (χ1) is 27.7. The quantitative estimate of drug-likeness (QED) is 0.0151. The summed E-state index contributed by atoms with van der Waals surface area (Å²) in [4.78, 5) is 52.5. The van der Waals surface area contributed by atoms with Crippen LogP contribution in [0.2, 0.25) is 0 Å². The number of allylic oxidation sites excluding steroid dienone is 8. The molecule has 0 aliphatic carbocycles. The molecule has 1 heterocycles. The first-order valence-corrected chi connectivity index (χ1v) is 24.0. The maximum absolute atomic E-state index is 12.6. The number of ether oxygens (including phenoxy) is 3. The zero-order valence-corrected chi connectivity index (χ0v) is 36.8. The first kappa shape index (κ1) is 53.8. The van der Waals surface area contributed by atoms with Gasteiger partial charge in [-0.05, 0) is 57.3 Å². The van der Waals surface area contributed by atoms with Crippen molar-refractivity contribution in [3.63, 3.8) is 0 Å². The van der Waals surface area contributed by atoms with Crippen LogP contribution in [0.4, 0.5) is 0 Å². The number of epoxide rings is 1. The average molecular weight is 863 g/mol. The Morgan fingerprint density at radius 1 is 0.638 bits per heavy atom. The molecule has 0 saturated carbocycles. The first-order valence-electron chi connectivity index (χ1n) is 21.0. The molecular formula is C42H72O14P2. The molecule has 0 bridgehead atoms. The Bertz CT molecular complexity index is 1340. The summed E-state index contributed by atoms with van der Waals surface area (Å²) >= 11 is 0. The Hall–Kier alpha value is -2.22. The summed E-state index contributed by atoms with van der Waals surface area (Å²) in [7, 11) is -9.70. The molecule has 14 nitrogen and oxygen atoms in total. The van der Waals surface area contributed by atoms with E-state index in [1.165, 1.54) is 32.1 Å². The summed E-state index contributed by atoms with van der Waals surface area (Å²) in [6, 6.07) is 0. The maximum Gasteiger partial charge on any atom is 0.472 e. The lowest BCUT2D eigenvalue weighted by molar-refractivity contribution is -0.161. The number of phosphoric ester groups is 2. The Morgan fingerprint density at radius 2 is 1.16 bits per heavy atom. The molecule has 1 aliphatic heterocycles. The fourth-order valence-electron chi connectivity index (χ4n) is 5.48. The van der Waals surface area contributed by atoms with E-state index in [0.717, 1.165) is 57.3 Å². The van der Waals surface area contributed by atoms with E-state index in [9.17, 15) is 28.7 Å². The van der Waals surface area contributed by atoms with Gasteiger partial charge in [-0.3, -0.25) is 23.2 Å². The molecule has 1 rings (SSSR count). The van der Waals surface area contributed by atoms with Crippen molar-refractivity contribution >= 4 is 27.6 Å². The minimum absolute atomic E-state index is 0.00112. The molecule has 0 radical (unpaired) electrons. The van der Waals surface area contributed by atoms with Crippen LogP contribution in [-0.2, 0) is 46.5 Å². The van der Waals surface area contributed by atoms with Gasteiger partial charge < -0.3 is 34.0 Å². The molecule has 0 amide bonds. The Morgan fingerprint density at radius 3 is 1.74 bits per heavy atom. The van der Waals surface area contributed by atoms with Gasteiger partial charge in [0.25, 0.3) is 0 Å². The molecule has 334 valence electrons. The van der Waals surface area contributed by atoms with E-state index in [1.807, 2.05) is 18.2 Å². The molecule has 1 aliphatic rings. The zero-order valence-electron chi connectivity index (χ0n) is 35.0. The number of carbonyl (C=O) groups is 2. The van der Waals surface area contributed by atoms with Gasteiger partial charge in [0.2, 0.25) is 0 Å². The lowest BCUT2D eigenvalue weighted by Gasteiger charge is -2.20. The predicted octanol–water partition coefficient (Wildman–Crippen LogP) is 9.29. The predicted molar refractivity (Wildman–Crippen MR) is 225 cm³/mol. The third-order valence-corrected chi connectivity index (χ3v) is 10.2. The molecule has 16 heteroatoms. The van der Waals surface area contributed by atoms with Crippen LogP contribution in [0.3, 0.4) is 0 Å². The highest BCUT2D eigenvalue weighted by atomic mass is 31.2. The summed E-state index contributed by atoms with van der Waals surface area (Å²) < 4.78 is 53.3. The van der Waals surface area contributed by atoms with Crippen LogP contribution in [0.25, 0.3) is 0 Å². The number of unbranched alkanes of at least 4 members (excludes halogenated alkanes) is 7. The SMILES string of the molecule is CC/C=C\CC1OC1C/C=C\C/C=C\C/C=C\C/C=C\CCC(=O)O[C@H](COC(=O)CCCCCCCCCCC(C)C)COP(=O)(O)OC[C@@H](O)COP(=O)(O)O. The van der Waals surface area contributed by atoms with Crippen molar-refractivity contribution < 1.29 is 66.3 Å². The van der Waals surface area contributed by atoms with Crippen molar-refractivity contribution in [2.45, 2.75) is 161 Å². The highest BCUT2D eigenvalue weighted by Gasteiger charge is 2.36. The molecule has 0 spiro atoms. The van der Waals surface area contributed by atoms with Crippen LogP contribution in [0.15, 0.2) is 60.8 Å². The van der Waals surface area contributed by atoms with E-state index < -0.39 is 66.2 Å². The molecule has 0 aromatic heterocycles. The second-order valence-electron chi connectivity index (χ2n) is 14.8. The van der Waals surface area contributed by atoms with E-state index in [-0.39, 0.29) is 12.8 Å². The Labute approximate surface area is 347 Å². The van der Waals surface area contributed by atoms with Crippen LogP contribution in [0, 0.1) is 5.92 Å². The van der Waals surface area contributed by atoms with Crippen LogP contribution in [0.1, 0.15) is 136 Å². The van der Waals surface area contributed by atoms with E-state index in [0.29, 0.717) is 31.5 Å². The highest BCUT2D eigenvalue weighted by molar-refractivity contribution is 7.47. The fourth-order valence-corrected chi connectivity index (χ4v) is 6.64. The second-order valence-corrected chi connectivity index (χ2v) is 17.4. The molecule has 1 saturated heterocycles. The van der Waals surface area contributed by atoms with Gasteiger partial charge in [-0.15, -0.1) is 0 Å². The van der Waals surface area contributed by atoms with E-state index in [4.69, 9.17) is 28.5 Å². The lowest BCUT2D eigenvalue weighted by atomic mass is 10.0. The summed E-state index contributed by atoms with van der Waals surface area (Å²) in [6.45, 7) is 3.79. The van der Waals surface area contributed by atoms with E-state index in [1.54, 1.807) is 0 Å².